The third kappa shape index (κ3) is 2.41. The van der Waals surface area contributed by atoms with Gasteiger partial charge in [0.15, 0.2) is 11.5 Å². The first-order valence-electron chi connectivity index (χ1n) is 14.7. The Balaban J connectivity index is 1.39. The van der Waals surface area contributed by atoms with Gasteiger partial charge in [0.2, 0.25) is 0 Å². The van der Waals surface area contributed by atoms with Crippen molar-refractivity contribution in [3.8, 4) is 0 Å². The standard InChI is InChI=1S/C30H39NO8/c1-14-7-17-21(18(32)8-14)16(3)23(35)24-27(10-20(33)37-12-27)26(4)5-6-28-9-15(2)22(34)19(39-28)11-31(28)30(26)25(36)29(17,24)13-38-30/h8,15-17,19,21-22,24-25,34,36H,5-7,9-13H2,1-4H3/t15-,16-,17-,19+,21+,22-,24-,25-,26+,27-,28+,29+,30-/m1/s1. The van der Waals surface area contributed by atoms with Crippen LogP contribution in [-0.4, -0.2) is 82.2 Å². The fourth-order valence-electron chi connectivity index (χ4n) is 11.6. The van der Waals surface area contributed by atoms with Gasteiger partial charge >= 0.3 is 5.97 Å². The van der Waals surface area contributed by atoms with E-state index in [0.29, 0.717) is 32.2 Å². The molecule has 212 valence electrons. The predicted molar refractivity (Wildman–Crippen MR) is 135 cm³/mol. The van der Waals surface area contributed by atoms with E-state index >= 15 is 0 Å². The van der Waals surface area contributed by atoms with E-state index in [9.17, 15) is 24.6 Å². The first-order valence-corrected chi connectivity index (χ1v) is 14.7. The Kier molecular flexibility index (Phi) is 4.64. The van der Waals surface area contributed by atoms with Crippen LogP contribution in [0.15, 0.2) is 11.6 Å². The van der Waals surface area contributed by atoms with Crippen molar-refractivity contribution in [2.75, 3.05) is 19.8 Å². The second kappa shape index (κ2) is 7.21. The molecule has 7 fully saturated rings. The summed E-state index contributed by atoms with van der Waals surface area (Å²) in [5.74, 6) is -2.39. The molecule has 9 heteroatoms. The maximum atomic E-state index is 14.6. The fourth-order valence-corrected chi connectivity index (χ4v) is 11.6. The van der Waals surface area contributed by atoms with Gasteiger partial charge in [0, 0.05) is 40.5 Å². The molecule has 0 aromatic heterocycles. The van der Waals surface area contributed by atoms with E-state index in [1.165, 1.54) is 0 Å². The highest BCUT2D eigenvalue weighted by atomic mass is 16.6. The van der Waals surface area contributed by atoms with Crippen LogP contribution in [0.25, 0.3) is 0 Å². The lowest BCUT2D eigenvalue weighted by molar-refractivity contribution is -0.365. The first kappa shape index (κ1) is 25.1. The van der Waals surface area contributed by atoms with Crippen LogP contribution in [0.5, 0.6) is 0 Å². The van der Waals surface area contributed by atoms with Gasteiger partial charge in [-0.3, -0.25) is 14.4 Å². The van der Waals surface area contributed by atoms with E-state index in [2.05, 4.69) is 11.8 Å². The molecular weight excluding hydrogens is 502 g/mol. The van der Waals surface area contributed by atoms with Crippen molar-refractivity contribution in [3.05, 3.63) is 11.6 Å². The zero-order chi connectivity index (χ0) is 27.5. The third-order valence-electron chi connectivity index (χ3n) is 13.3. The number of carbonyl (C=O) groups excluding carboxylic acids is 3. The summed E-state index contributed by atoms with van der Waals surface area (Å²) in [5.41, 5.74) is -3.71. The number of aliphatic hydroxyl groups is 2. The van der Waals surface area contributed by atoms with Crippen molar-refractivity contribution < 1.29 is 38.8 Å². The van der Waals surface area contributed by atoms with Crippen LogP contribution < -0.4 is 0 Å². The van der Waals surface area contributed by atoms with Crippen LogP contribution in [0.1, 0.15) is 59.8 Å². The van der Waals surface area contributed by atoms with Crippen LogP contribution in [0.4, 0.5) is 0 Å². The van der Waals surface area contributed by atoms with Gasteiger partial charge < -0.3 is 24.4 Å². The highest BCUT2D eigenvalue weighted by Gasteiger charge is 2.89. The van der Waals surface area contributed by atoms with E-state index in [1.807, 2.05) is 20.8 Å². The minimum atomic E-state index is -1.24. The molecule has 2 saturated carbocycles. The molecule has 8 rings (SSSR count). The van der Waals surface area contributed by atoms with Crippen molar-refractivity contribution in [2.45, 2.75) is 89.6 Å². The molecule has 0 radical (unpaired) electrons. The summed E-state index contributed by atoms with van der Waals surface area (Å²) in [7, 11) is 0. The van der Waals surface area contributed by atoms with Gasteiger partial charge in [-0.25, -0.2) is 4.90 Å². The first-order chi connectivity index (χ1) is 18.4. The smallest absolute Gasteiger partial charge is 0.306 e. The Bertz CT molecular complexity index is 1250. The number of hydrogen-bond donors (Lipinski definition) is 2. The van der Waals surface area contributed by atoms with Crippen molar-refractivity contribution >= 4 is 17.5 Å². The second-order valence-electron chi connectivity index (χ2n) is 14.6. The molecule has 0 aromatic rings. The molecule has 0 aromatic carbocycles. The molecule has 5 aliphatic heterocycles. The molecule has 39 heavy (non-hydrogen) atoms. The number of rotatable bonds is 0. The van der Waals surface area contributed by atoms with Crippen LogP contribution in [0.3, 0.4) is 0 Å². The Labute approximate surface area is 228 Å². The topological polar surface area (TPSA) is 123 Å². The van der Waals surface area contributed by atoms with Crippen LogP contribution >= 0.6 is 0 Å². The van der Waals surface area contributed by atoms with Gasteiger partial charge in [0.25, 0.3) is 0 Å². The molecule has 3 aliphatic carbocycles. The van der Waals surface area contributed by atoms with Crippen molar-refractivity contribution in [2.24, 2.45) is 45.8 Å². The molecule has 5 heterocycles. The summed E-state index contributed by atoms with van der Waals surface area (Å²) in [5, 5.41) is 23.9. The molecule has 13 atom stereocenters. The van der Waals surface area contributed by atoms with E-state index < -0.39 is 63.8 Å². The van der Waals surface area contributed by atoms with Crippen molar-refractivity contribution in [1.82, 2.24) is 4.90 Å². The number of Topliss-reactive ketones (excluding diaryl/α,β-unsaturated/α-hetero) is 1. The number of ketones is 2. The molecule has 0 unspecified atom stereocenters. The number of aliphatic hydroxyl groups excluding tert-OH is 2. The number of allylic oxidation sites excluding steroid dienone is 2. The minimum Gasteiger partial charge on any atom is -0.465 e. The second-order valence-corrected chi connectivity index (χ2v) is 14.6. The van der Waals surface area contributed by atoms with Crippen LogP contribution in [0, 0.1) is 45.8 Å². The summed E-state index contributed by atoms with van der Waals surface area (Å²) in [6.07, 6.45) is 2.11. The van der Waals surface area contributed by atoms with E-state index in [-0.39, 0.29) is 49.0 Å². The number of hydrogen-bond acceptors (Lipinski definition) is 9. The Morgan fingerprint density at radius 3 is 2.59 bits per heavy atom. The van der Waals surface area contributed by atoms with Gasteiger partial charge in [-0.2, -0.15) is 0 Å². The number of ether oxygens (including phenoxy) is 3. The minimum absolute atomic E-state index is 0.0222. The summed E-state index contributed by atoms with van der Waals surface area (Å²) < 4.78 is 19.4. The number of fused-ring (bicyclic) bond motifs is 4. The Morgan fingerprint density at radius 1 is 1.10 bits per heavy atom. The van der Waals surface area contributed by atoms with Gasteiger partial charge in [-0.15, -0.1) is 0 Å². The molecule has 4 bridgehead atoms. The van der Waals surface area contributed by atoms with Crippen LogP contribution in [0.2, 0.25) is 0 Å². The lowest BCUT2D eigenvalue weighted by Crippen LogP contribution is -2.83. The Hall–Kier alpha value is -1.65. The lowest BCUT2D eigenvalue weighted by Gasteiger charge is -2.72. The third-order valence-corrected chi connectivity index (χ3v) is 13.3. The zero-order valence-electron chi connectivity index (χ0n) is 23.1. The fraction of sp³-hybridized carbons (Fsp3) is 0.833. The number of carbonyl (C=O) groups is 3. The SMILES string of the molecule is CC1=CC(=O)[C@@H]2[C@@H](C1)[C@]13CO[C@@]4([C@@H]1O)N1C[C@@H]5O[C@@]1(CC[C@@]4(C)[C@]1(COC(=O)C1)[C@H]3C(=O)[C@@H]2C)C[C@@H](C)[C@H]5O. The quantitative estimate of drug-likeness (QED) is 0.440. The van der Waals surface area contributed by atoms with Crippen molar-refractivity contribution in [3.63, 3.8) is 0 Å². The van der Waals surface area contributed by atoms with Gasteiger partial charge in [0.05, 0.1) is 31.8 Å². The Morgan fingerprint density at radius 2 is 1.87 bits per heavy atom. The summed E-state index contributed by atoms with van der Waals surface area (Å²) >= 11 is 0. The summed E-state index contributed by atoms with van der Waals surface area (Å²) in [6.45, 7) is 8.58. The van der Waals surface area contributed by atoms with Gasteiger partial charge in [-0.1, -0.05) is 26.3 Å². The molecule has 5 saturated heterocycles. The monoisotopic (exact) mass is 541 g/mol. The maximum absolute atomic E-state index is 14.6. The molecule has 9 nitrogen and oxygen atoms in total. The normalized spacial score (nSPS) is 59.4. The molecule has 4 spiro atoms. The average Bonchev–Trinajstić information content (AvgIpc) is 3.51. The molecule has 0 amide bonds. The zero-order valence-corrected chi connectivity index (χ0v) is 23.1. The predicted octanol–water partition coefficient (Wildman–Crippen LogP) is 1.59. The van der Waals surface area contributed by atoms with Crippen LogP contribution in [-0.2, 0) is 28.6 Å². The van der Waals surface area contributed by atoms with E-state index in [1.54, 1.807) is 6.08 Å². The summed E-state index contributed by atoms with van der Waals surface area (Å²) in [4.78, 5) is 43.2. The lowest BCUT2D eigenvalue weighted by atomic mass is 9.33. The maximum Gasteiger partial charge on any atom is 0.306 e. The molecule has 8 aliphatic rings. The van der Waals surface area contributed by atoms with Crippen molar-refractivity contribution in [1.29, 1.82) is 0 Å². The number of piperidine rings is 1. The highest BCUT2D eigenvalue weighted by molar-refractivity contribution is 6.00. The van der Waals surface area contributed by atoms with Gasteiger partial charge in [-0.05, 0) is 50.5 Å². The number of nitrogens with zero attached hydrogens (tertiary/aromatic N) is 1. The van der Waals surface area contributed by atoms with Gasteiger partial charge in [0.1, 0.15) is 17.6 Å². The number of cyclic esters (lactones) is 1. The highest BCUT2D eigenvalue weighted by Crippen LogP contribution is 2.80. The van der Waals surface area contributed by atoms with E-state index in [4.69, 9.17) is 14.2 Å². The summed E-state index contributed by atoms with van der Waals surface area (Å²) in [6, 6.07) is 0. The number of esters is 1. The average molecular weight is 542 g/mol. The largest absolute Gasteiger partial charge is 0.465 e. The molecular formula is C30H39NO8. The molecule has 2 N–H and O–H groups in total. The van der Waals surface area contributed by atoms with E-state index in [0.717, 1.165) is 5.57 Å².